The van der Waals surface area contributed by atoms with Crippen LogP contribution in [0.5, 0.6) is 0 Å². The van der Waals surface area contributed by atoms with Gasteiger partial charge in [0, 0.05) is 44.2 Å². The van der Waals surface area contributed by atoms with Gasteiger partial charge in [-0.2, -0.15) is 0 Å². The number of ether oxygens (including phenoxy) is 2. The Hall–Kier alpha value is -2.28. The monoisotopic (exact) mass is 417 g/mol. The van der Waals surface area contributed by atoms with Crippen molar-refractivity contribution in [3.05, 3.63) is 35.9 Å². The van der Waals surface area contributed by atoms with Gasteiger partial charge in [0.05, 0.1) is 7.11 Å². The molecule has 0 bridgehead atoms. The predicted octanol–water partition coefficient (Wildman–Crippen LogP) is 3.60. The van der Waals surface area contributed by atoms with Crippen molar-refractivity contribution >= 4 is 12.2 Å². The smallest absolute Gasteiger partial charge is 0.410 e. The molecule has 166 valence electrons. The minimum absolute atomic E-state index is 0.142. The van der Waals surface area contributed by atoms with Crippen LogP contribution in [0.15, 0.2) is 30.3 Å². The molecular weight excluding hydrogens is 382 g/mol. The zero-order chi connectivity index (χ0) is 21.7. The molecule has 0 aliphatic carbocycles. The standard InChI is InChI=1S/C23H35N3O4/c1-23(2,3)30-22(28)26-15-12-19(17-8-6-5-7-9-17)20(16-26)24-18-10-13-25(14-11-18)21(27)29-4/h5-9,18-20,24H,10-16H2,1-4H3/t19-,20-/m1/s1. The highest BCUT2D eigenvalue weighted by atomic mass is 16.6. The molecule has 1 aromatic carbocycles. The Morgan fingerprint density at radius 1 is 0.967 bits per heavy atom. The molecular formula is C23H35N3O4. The fourth-order valence-electron chi connectivity index (χ4n) is 4.37. The van der Waals surface area contributed by atoms with Crippen LogP contribution < -0.4 is 5.32 Å². The Kier molecular flexibility index (Phi) is 7.23. The Bertz CT molecular complexity index is 711. The Balaban J connectivity index is 1.67. The molecule has 7 heteroatoms. The molecule has 3 rings (SSSR count). The van der Waals surface area contributed by atoms with E-state index in [0.717, 1.165) is 19.3 Å². The number of carbonyl (C=O) groups is 2. The lowest BCUT2D eigenvalue weighted by Gasteiger charge is -2.42. The third-order valence-corrected chi connectivity index (χ3v) is 5.87. The molecule has 0 unspecified atom stereocenters. The number of nitrogens with zero attached hydrogens (tertiary/aromatic N) is 2. The van der Waals surface area contributed by atoms with Crippen LogP contribution in [-0.4, -0.2) is 73.0 Å². The summed E-state index contributed by atoms with van der Waals surface area (Å²) in [5.74, 6) is 0.337. The van der Waals surface area contributed by atoms with Crippen molar-refractivity contribution in [1.29, 1.82) is 0 Å². The average molecular weight is 418 g/mol. The molecule has 2 saturated heterocycles. The van der Waals surface area contributed by atoms with E-state index in [4.69, 9.17) is 9.47 Å². The van der Waals surface area contributed by atoms with E-state index in [9.17, 15) is 9.59 Å². The maximum absolute atomic E-state index is 12.7. The van der Waals surface area contributed by atoms with Crippen LogP contribution in [0.2, 0.25) is 0 Å². The van der Waals surface area contributed by atoms with Gasteiger partial charge in [-0.15, -0.1) is 0 Å². The third kappa shape index (κ3) is 5.88. The van der Waals surface area contributed by atoms with Crippen LogP contribution in [0, 0.1) is 0 Å². The molecule has 0 radical (unpaired) electrons. The van der Waals surface area contributed by atoms with Crippen molar-refractivity contribution in [2.75, 3.05) is 33.3 Å². The number of amides is 2. The van der Waals surface area contributed by atoms with Crippen LogP contribution in [0.4, 0.5) is 9.59 Å². The van der Waals surface area contributed by atoms with E-state index >= 15 is 0 Å². The maximum atomic E-state index is 12.7. The predicted molar refractivity (Wildman–Crippen MR) is 116 cm³/mol. The summed E-state index contributed by atoms with van der Waals surface area (Å²) >= 11 is 0. The normalized spacial score (nSPS) is 23.2. The van der Waals surface area contributed by atoms with Crippen LogP contribution in [0.25, 0.3) is 0 Å². The fourth-order valence-corrected chi connectivity index (χ4v) is 4.37. The molecule has 2 aliphatic heterocycles. The minimum atomic E-state index is -0.503. The van der Waals surface area contributed by atoms with Crippen molar-refractivity contribution < 1.29 is 19.1 Å². The highest BCUT2D eigenvalue weighted by Gasteiger charge is 2.36. The molecule has 2 heterocycles. The second-order valence-corrected chi connectivity index (χ2v) is 9.24. The van der Waals surface area contributed by atoms with Crippen molar-refractivity contribution in [2.24, 2.45) is 0 Å². The molecule has 2 amide bonds. The summed E-state index contributed by atoms with van der Waals surface area (Å²) in [5.41, 5.74) is 0.794. The molecule has 1 N–H and O–H groups in total. The second-order valence-electron chi connectivity index (χ2n) is 9.24. The van der Waals surface area contributed by atoms with Crippen LogP contribution in [0.1, 0.15) is 51.5 Å². The zero-order valence-electron chi connectivity index (χ0n) is 18.6. The third-order valence-electron chi connectivity index (χ3n) is 5.87. The molecule has 0 saturated carbocycles. The topological polar surface area (TPSA) is 71.1 Å². The summed E-state index contributed by atoms with van der Waals surface area (Å²) in [6.45, 7) is 8.36. The number of carbonyl (C=O) groups excluding carboxylic acids is 2. The van der Waals surface area contributed by atoms with E-state index in [1.54, 1.807) is 4.90 Å². The summed E-state index contributed by atoms with van der Waals surface area (Å²) in [5, 5.41) is 3.80. The number of piperidine rings is 2. The largest absolute Gasteiger partial charge is 0.453 e. The Labute approximate surface area is 179 Å². The maximum Gasteiger partial charge on any atom is 0.410 e. The van der Waals surface area contributed by atoms with Crippen LogP contribution >= 0.6 is 0 Å². The van der Waals surface area contributed by atoms with E-state index in [2.05, 4.69) is 29.6 Å². The Morgan fingerprint density at radius 3 is 2.20 bits per heavy atom. The first-order chi connectivity index (χ1) is 14.3. The summed E-state index contributed by atoms with van der Waals surface area (Å²) in [4.78, 5) is 28.0. The van der Waals surface area contributed by atoms with Crippen molar-refractivity contribution in [3.63, 3.8) is 0 Å². The average Bonchev–Trinajstić information content (AvgIpc) is 2.73. The van der Waals surface area contributed by atoms with E-state index in [0.29, 0.717) is 38.1 Å². The van der Waals surface area contributed by atoms with E-state index in [1.807, 2.05) is 31.7 Å². The summed E-state index contributed by atoms with van der Waals surface area (Å²) in [6, 6.07) is 11.0. The summed E-state index contributed by atoms with van der Waals surface area (Å²) in [6.07, 6.45) is 2.13. The number of methoxy groups -OCH3 is 1. The molecule has 30 heavy (non-hydrogen) atoms. The Morgan fingerprint density at radius 2 is 1.60 bits per heavy atom. The van der Waals surface area contributed by atoms with Gasteiger partial charge in [0.2, 0.25) is 0 Å². The molecule has 1 aromatic rings. The lowest BCUT2D eigenvalue weighted by molar-refractivity contribution is 0.0160. The van der Waals surface area contributed by atoms with Crippen molar-refractivity contribution in [1.82, 2.24) is 15.1 Å². The summed E-state index contributed by atoms with van der Waals surface area (Å²) < 4.78 is 10.4. The summed E-state index contributed by atoms with van der Waals surface area (Å²) in [7, 11) is 1.42. The van der Waals surface area contributed by atoms with Crippen molar-refractivity contribution in [2.45, 2.75) is 63.6 Å². The molecule has 0 spiro atoms. The first-order valence-corrected chi connectivity index (χ1v) is 10.9. The molecule has 2 aliphatic rings. The number of hydrogen-bond donors (Lipinski definition) is 1. The van der Waals surface area contributed by atoms with E-state index in [-0.39, 0.29) is 18.2 Å². The lowest BCUT2D eigenvalue weighted by atomic mass is 9.84. The number of hydrogen-bond acceptors (Lipinski definition) is 5. The van der Waals surface area contributed by atoms with Gasteiger partial charge in [-0.1, -0.05) is 30.3 Å². The highest BCUT2D eigenvalue weighted by Crippen LogP contribution is 2.30. The van der Waals surface area contributed by atoms with Gasteiger partial charge >= 0.3 is 12.2 Å². The van der Waals surface area contributed by atoms with E-state index < -0.39 is 5.60 Å². The van der Waals surface area contributed by atoms with Gasteiger partial charge in [-0.25, -0.2) is 9.59 Å². The highest BCUT2D eigenvalue weighted by molar-refractivity contribution is 5.68. The SMILES string of the molecule is COC(=O)N1CCC(N[C@@H]2CN(C(=O)OC(C)(C)C)CC[C@@H]2c2ccccc2)CC1. The number of nitrogens with one attached hydrogen (secondary N) is 1. The van der Waals surface area contributed by atoms with Gasteiger partial charge in [-0.3, -0.25) is 0 Å². The molecule has 0 aromatic heterocycles. The van der Waals surface area contributed by atoms with Gasteiger partial charge < -0.3 is 24.6 Å². The van der Waals surface area contributed by atoms with Gasteiger partial charge in [-0.05, 0) is 45.6 Å². The van der Waals surface area contributed by atoms with Gasteiger partial charge in [0.15, 0.2) is 0 Å². The molecule has 7 nitrogen and oxygen atoms in total. The number of rotatable bonds is 3. The zero-order valence-corrected chi connectivity index (χ0v) is 18.6. The number of likely N-dealkylation sites (tertiary alicyclic amines) is 2. The van der Waals surface area contributed by atoms with Gasteiger partial charge in [0.25, 0.3) is 0 Å². The van der Waals surface area contributed by atoms with Crippen molar-refractivity contribution in [3.8, 4) is 0 Å². The van der Waals surface area contributed by atoms with Crippen LogP contribution in [0.3, 0.4) is 0 Å². The first-order valence-electron chi connectivity index (χ1n) is 10.9. The van der Waals surface area contributed by atoms with Gasteiger partial charge in [0.1, 0.15) is 5.60 Å². The second kappa shape index (κ2) is 9.69. The lowest BCUT2D eigenvalue weighted by Crippen LogP contribution is -2.56. The van der Waals surface area contributed by atoms with E-state index in [1.165, 1.54) is 12.7 Å². The number of benzene rings is 1. The molecule has 2 fully saturated rings. The minimum Gasteiger partial charge on any atom is -0.453 e. The quantitative estimate of drug-likeness (QED) is 0.814. The van der Waals surface area contributed by atoms with Crippen LogP contribution in [-0.2, 0) is 9.47 Å². The fraction of sp³-hybridized carbons (Fsp3) is 0.652. The first kappa shape index (κ1) is 22.4. The molecule has 2 atom stereocenters.